The largest absolute Gasteiger partial charge is 0.416 e. The van der Waals surface area contributed by atoms with Gasteiger partial charge in [-0.05, 0) is 36.6 Å². The lowest BCUT2D eigenvalue weighted by atomic mass is 9.97. The number of amides is 2. The predicted octanol–water partition coefficient (Wildman–Crippen LogP) is 3.07. The van der Waals surface area contributed by atoms with Crippen molar-refractivity contribution in [1.82, 2.24) is 10.2 Å². The summed E-state index contributed by atoms with van der Waals surface area (Å²) in [5, 5.41) is 2.63. The molecule has 2 saturated heterocycles. The lowest BCUT2D eigenvalue weighted by Crippen LogP contribution is -2.28. The number of halogens is 4. The number of carbonyl (C=O) groups is 1. The zero-order valence-corrected chi connectivity index (χ0v) is 10.4. The van der Waals surface area contributed by atoms with Crippen LogP contribution in [0.1, 0.15) is 30.0 Å². The molecule has 2 unspecified atom stereocenters. The molecule has 0 spiro atoms. The highest BCUT2D eigenvalue weighted by atomic mass is 19.4. The number of alkyl halides is 3. The van der Waals surface area contributed by atoms with Crippen LogP contribution >= 0.6 is 0 Å². The van der Waals surface area contributed by atoms with E-state index in [9.17, 15) is 22.4 Å². The van der Waals surface area contributed by atoms with Gasteiger partial charge < -0.3 is 10.2 Å². The summed E-state index contributed by atoms with van der Waals surface area (Å²) in [7, 11) is 0. The summed E-state index contributed by atoms with van der Waals surface area (Å²) in [5.74, 6) is -0.944. The lowest BCUT2D eigenvalue weighted by molar-refractivity contribution is -0.137. The molecule has 7 heteroatoms. The van der Waals surface area contributed by atoms with Gasteiger partial charge in [-0.15, -0.1) is 0 Å². The normalized spacial score (nSPS) is 25.8. The van der Waals surface area contributed by atoms with Crippen LogP contribution in [0.15, 0.2) is 18.2 Å². The number of urea groups is 1. The quantitative estimate of drug-likeness (QED) is 0.791. The fourth-order valence-electron chi connectivity index (χ4n) is 2.96. The van der Waals surface area contributed by atoms with Crippen LogP contribution in [0.2, 0.25) is 0 Å². The number of hydrogen-bond acceptors (Lipinski definition) is 1. The van der Waals surface area contributed by atoms with E-state index in [0.29, 0.717) is 19.0 Å². The maximum Gasteiger partial charge on any atom is 0.416 e. The summed E-state index contributed by atoms with van der Waals surface area (Å²) >= 11 is 0. The molecular weight excluding hydrogens is 276 g/mol. The molecule has 3 nitrogen and oxygen atoms in total. The zero-order chi connectivity index (χ0) is 14.5. The Bertz CT molecular complexity index is 558. The van der Waals surface area contributed by atoms with E-state index in [1.54, 1.807) is 4.90 Å². The first kappa shape index (κ1) is 13.2. The number of rotatable bonds is 1. The Hall–Kier alpha value is -1.79. The maximum absolute atomic E-state index is 13.4. The minimum Gasteiger partial charge on any atom is -0.329 e. The van der Waals surface area contributed by atoms with Gasteiger partial charge in [0.15, 0.2) is 0 Å². The van der Waals surface area contributed by atoms with Crippen LogP contribution in [0.4, 0.5) is 22.4 Å². The number of nitrogens with zero attached hydrogens (tertiary/aromatic N) is 1. The van der Waals surface area contributed by atoms with E-state index in [-0.39, 0.29) is 17.6 Å². The van der Waals surface area contributed by atoms with E-state index in [1.165, 1.54) is 0 Å². The van der Waals surface area contributed by atoms with Gasteiger partial charge in [-0.3, -0.25) is 0 Å². The molecule has 20 heavy (non-hydrogen) atoms. The first-order chi connectivity index (χ1) is 9.36. The van der Waals surface area contributed by atoms with Gasteiger partial charge >= 0.3 is 12.2 Å². The van der Waals surface area contributed by atoms with E-state index in [0.717, 1.165) is 18.6 Å². The minimum atomic E-state index is -4.60. The third-order valence-corrected chi connectivity index (χ3v) is 3.83. The molecule has 0 radical (unpaired) electrons. The van der Waals surface area contributed by atoms with Crippen LogP contribution in [-0.4, -0.2) is 23.5 Å². The Balaban J connectivity index is 1.98. The van der Waals surface area contributed by atoms with E-state index in [1.807, 2.05) is 0 Å². The zero-order valence-electron chi connectivity index (χ0n) is 10.4. The topological polar surface area (TPSA) is 32.3 Å². The molecule has 0 bridgehead atoms. The molecular formula is C13H12F4N2O. The van der Waals surface area contributed by atoms with Crippen LogP contribution in [0.25, 0.3) is 0 Å². The van der Waals surface area contributed by atoms with Gasteiger partial charge in [0.05, 0.1) is 17.6 Å². The standard InChI is InChI=1S/C13H12F4N2O/c14-9-5-7(4-8(6-9)13(15,16)17)11-10-2-1-3-19(10)12(20)18-11/h4-6,10-11H,1-3H2,(H,18,20). The predicted molar refractivity (Wildman–Crippen MR) is 62.4 cm³/mol. The highest BCUT2D eigenvalue weighted by Crippen LogP contribution is 2.37. The Kier molecular flexibility index (Phi) is 2.88. The van der Waals surface area contributed by atoms with Gasteiger partial charge in [0.25, 0.3) is 0 Å². The summed E-state index contributed by atoms with van der Waals surface area (Å²) in [6.45, 7) is 0.592. The molecule has 2 heterocycles. The molecule has 2 fully saturated rings. The first-order valence-electron chi connectivity index (χ1n) is 6.31. The molecule has 0 saturated carbocycles. The molecule has 1 N–H and O–H groups in total. The van der Waals surface area contributed by atoms with Crippen molar-refractivity contribution in [3.05, 3.63) is 35.1 Å². The number of carbonyl (C=O) groups excluding carboxylic acids is 1. The molecule has 0 aliphatic carbocycles. The second kappa shape index (κ2) is 4.36. The maximum atomic E-state index is 13.4. The Morgan fingerprint density at radius 3 is 2.70 bits per heavy atom. The highest BCUT2D eigenvalue weighted by Gasteiger charge is 2.43. The van der Waals surface area contributed by atoms with Crippen molar-refractivity contribution >= 4 is 6.03 Å². The number of nitrogens with one attached hydrogen (secondary N) is 1. The van der Waals surface area contributed by atoms with E-state index in [2.05, 4.69) is 5.32 Å². The van der Waals surface area contributed by atoms with E-state index in [4.69, 9.17) is 0 Å². The monoisotopic (exact) mass is 288 g/mol. The second-order valence-electron chi connectivity index (χ2n) is 5.10. The molecule has 3 rings (SSSR count). The fraction of sp³-hybridized carbons (Fsp3) is 0.462. The summed E-state index contributed by atoms with van der Waals surface area (Å²) < 4.78 is 51.6. The Labute approximate surface area is 112 Å². The van der Waals surface area contributed by atoms with Gasteiger partial charge in [0.2, 0.25) is 0 Å². The molecule has 2 amide bonds. The van der Waals surface area contributed by atoms with E-state index < -0.39 is 23.6 Å². The molecule has 1 aromatic rings. The van der Waals surface area contributed by atoms with Crippen LogP contribution in [0, 0.1) is 5.82 Å². The summed E-state index contributed by atoms with van der Waals surface area (Å²) in [5.41, 5.74) is -0.863. The van der Waals surface area contributed by atoms with E-state index >= 15 is 0 Å². The molecule has 0 aromatic heterocycles. The molecule has 108 valence electrons. The van der Waals surface area contributed by atoms with Crippen LogP contribution in [-0.2, 0) is 6.18 Å². The van der Waals surface area contributed by atoms with Crippen molar-refractivity contribution in [3.8, 4) is 0 Å². The smallest absolute Gasteiger partial charge is 0.329 e. The van der Waals surface area contributed by atoms with Gasteiger partial charge in [-0.25, -0.2) is 9.18 Å². The average Bonchev–Trinajstić information content (AvgIpc) is 2.92. The minimum absolute atomic E-state index is 0.167. The van der Waals surface area contributed by atoms with Crippen LogP contribution < -0.4 is 5.32 Å². The average molecular weight is 288 g/mol. The summed E-state index contributed by atoms with van der Waals surface area (Å²) in [4.78, 5) is 13.3. The van der Waals surface area contributed by atoms with Crippen molar-refractivity contribution in [3.63, 3.8) is 0 Å². The fourth-order valence-corrected chi connectivity index (χ4v) is 2.96. The third kappa shape index (κ3) is 2.10. The highest BCUT2D eigenvalue weighted by molar-refractivity contribution is 5.78. The van der Waals surface area contributed by atoms with Gasteiger partial charge in [-0.2, -0.15) is 13.2 Å². The molecule has 2 aliphatic rings. The van der Waals surface area contributed by atoms with Crippen molar-refractivity contribution in [2.24, 2.45) is 0 Å². The van der Waals surface area contributed by atoms with Gasteiger partial charge in [-0.1, -0.05) is 0 Å². The summed E-state index contributed by atoms with van der Waals surface area (Å²) in [6.07, 6.45) is -3.08. The van der Waals surface area contributed by atoms with Crippen molar-refractivity contribution in [2.45, 2.75) is 31.1 Å². The SMILES string of the molecule is O=C1NC(c2cc(F)cc(C(F)(F)F)c2)C2CCCN12. The Morgan fingerprint density at radius 2 is 2.00 bits per heavy atom. The van der Waals surface area contributed by atoms with Crippen molar-refractivity contribution in [1.29, 1.82) is 0 Å². The van der Waals surface area contributed by atoms with Crippen molar-refractivity contribution < 1.29 is 22.4 Å². The van der Waals surface area contributed by atoms with Gasteiger partial charge in [0.1, 0.15) is 5.82 Å². The number of hydrogen-bond donors (Lipinski definition) is 1. The third-order valence-electron chi connectivity index (χ3n) is 3.83. The van der Waals surface area contributed by atoms with Gasteiger partial charge in [0, 0.05) is 6.54 Å². The molecule has 2 atom stereocenters. The lowest BCUT2D eigenvalue weighted by Gasteiger charge is -2.19. The molecule has 2 aliphatic heterocycles. The van der Waals surface area contributed by atoms with Crippen LogP contribution in [0.3, 0.4) is 0 Å². The second-order valence-corrected chi connectivity index (χ2v) is 5.10. The number of fused-ring (bicyclic) bond motifs is 1. The first-order valence-corrected chi connectivity index (χ1v) is 6.31. The Morgan fingerprint density at radius 1 is 1.25 bits per heavy atom. The van der Waals surface area contributed by atoms with Crippen LogP contribution in [0.5, 0.6) is 0 Å². The number of benzene rings is 1. The van der Waals surface area contributed by atoms with Crippen molar-refractivity contribution in [2.75, 3.05) is 6.54 Å². The summed E-state index contributed by atoms with van der Waals surface area (Å²) in [6, 6.07) is 1.37. The molecule has 1 aromatic carbocycles.